The van der Waals surface area contributed by atoms with Crippen LogP contribution in [0, 0.1) is 0 Å². The smallest absolute Gasteiger partial charge is 0.251 e. The summed E-state index contributed by atoms with van der Waals surface area (Å²) in [7, 11) is 1.62. The highest BCUT2D eigenvalue weighted by Crippen LogP contribution is 2.18. The second kappa shape index (κ2) is 8.80. The molecule has 0 spiro atoms. The molecule has 0 fully saturated rings. The van der Waals surface area contributed by atoms with Gasteiger partial charge in [-0.05, 0) is 36.2 Å². The van der Waals surface area contributed by atoms with Gasteiger partial charge in [-0.2, -0.15) is 0 Å². The van der Waals surface area contributed by atoms with E-state index in [4.69, 9.17) is 15.2 Å². The standard InChI is InChI=1S/C18H22N2O3/c1-22-16-4-2-5-17(12-16)23-11-3-10-20-18(21)15-8-6-14(13-19)7-9-15/h2,4-9,12H,3,10-11,13,19H2,1H3,(H,20,21). The van der Waals surface area contributed by atoms with Crippen LogP contribution in [0.4, 0.5) is 0 Å². The number of nitrogens with one attached hydrogen (secondary N) is 1. The minimum Gasteiger partial charge on any atom is -0.497 e. The first kappa shape index (κ1) is 16.8. The molecule has 23 heavy (non-hydrogen) atoms. The van der Waals surface area contributed by atoms with Gasteiger partial charge in [-0.1, -0.05) is 18.2 Å². The molecule has 0 bridgehead atoms. The monoisotopic (exact) mass is 314 g/mol. The van der Waals surface area contributed by atoms with Crippen LogP contribution in [0.2, 0.25) is 0 Å². The number of rotatable bonds is 8. The Kier molecular flexibility index (Phi) is 6.44. The molecule has 122 valence electrons. The molecule has 0 aliphatic heterocycles. The van der Waals surface area contributed by atoms with Gasteiger partial charge in [0.2, 0.25) is 0 Å². The molecule has 0 unspecified atom stereocenters. The fraction of sp³-hybridized carbons (Fsp3) is 0.278. The number of hydrogen-bond donors (Lipinski definition) is 2. The first-order valence-corrected chi connectivity index (χ1v) is 7.57. The largest absolute Gasteiger partial charge is 0.497 e. The Hall–Kier alpha value is -2.53. The molecule has 2 aromatic rings. The van der Waals surface area contributed by atoms with Crippen molar-refractivity contribution >= 4 is 5.91 Å². The van der Waals surface area contributed by atoms with Crippen molar-refractivity contribution in [3.63, 3.8) is 0 Å². The minimum absolute atomic E-state index is 0.0880. The van der Waals surface area contributed by atoms with Crippen LogP contribution in [0.3, 0.4) is 0 Å². The van der Waals surface area contributed by atoms with Crippen LogP contribution >= 0.6 is 0 Å². The van der Waals surface area contributed by atoms with Gasteiger partial charge in [-0.15, -0.1) is 0 Å². The number of carbonyl (C=O) groups excluding carboxylic acids is 1. The maximum atomic E-state index is 12.0. The summed E-state index contributed by atoms with van der Waals surface area (Å²) < 4.78 is 10.8. The van der Waals surface area contributed by atoms with Crippen LogP contribution in [0.25, 0.3) is 0 Å². The summed E-state index contributed by atoms with van der Waals surface area (Å²) in [5, 5.41) is 2.87. The molecular weight excluding hydrogens is 292 g/mol. The maximum absolute atomic E-state index is 12.0. The molecule has 5 nitrogen and oxygen atoms in total. The maximum Gasteiger partial charge on any atom is 0.251 e. The average Bonchev–Trinajstić information content (AvgIpc) is 2.61. The molecule has 0 aliphatic carbocycles. The van der Waals surface area contributed by atoms with E-state index < -0.39 is 0 Å². The number of hydrogen-bond acceptors (Lipinski definition) is 4. The Labute approximate surface area is 136 Å². The third-order valence-corrected chi connectivity index (χ3v) is 3.37. The molecule has 0 aliphatic rings. The van der Waals surface area contributed by atoms with Crippen molar-refractivity contribution in [2.45, 2.75) is 13.0 Å². The van der Waals surface area contributed by atoms with Crippen molar-refractivity contribution in [2.75, 3.05) is 20.3 Å². The van der Waals surface area contributed by atoms with Gasteiger partial charge >= 0.3 is 0 Å². The van der Waals surface area contributed by atoms with Crippen LogP contribution < -0.4 is 20.5 Å². The topological polar surface area (TPSA) is 73.6 Å². The summed E-state index contributed by atoms with van der Waals surface area (Å²) >= 11 is 0. The molecule has 1 amide bonds. The lowest BCUT2D eigenvalue weighted by Crippen LogP contribution is -2.25. The van der Waals surface area contributed by atoms with Crippen molar-refractivity contribution < 1.29 is 14.3 Å². The summed E-state index contributed by atoms with van der Waals surface area (Å²) in [4.78, 5) is 12.0. The molecule has 0 atom stereocenters. The first-order chi connectivity index (χ1) is 11.2. The third-order valence-electron chi connectivity index (χ3n) is 3.37. The van der Waals surface area contributed by atoms with Gasteiger partial charge in [0.25, 0.3) is 5.91 Å². The molecule has 0 aromatic heterocycles. The predicted molar refractivity (Wildman–Crippen MR) is 89.8 cm³/mol. The molecule has 0 heterocycles. The van der Waals surface area contributed by atoms with E-state index in [1.54, 1.807) is 19.2 Å². The van der Waals surface area contributed by atoms with E-state index in [9.17, 15) is 4.79 Å². The van der Waals surface area contributed by atoms with E-state index in [1.165, 1.54) is 0 Å². The molecule has 2 rings (SSSR count). The fourth-order valence-electron chi connectivity index (χ4n) is 2.05. The van der Waals surface area contributed by atoms with Crippen LogP contribution in [0.5, 0.6) is 11.5 Å². The van der Waals surface area contributed by atoms with Crippen LogP contribution in [-0.4, -0.2) is 26.2 Å². The van der Waals surface area contributed by atoms with Gasteiger partial charge in [0.1, 0.15) is 11.5 Å². The molecular formula is C18H22N2O3. The molecule has 3 N–H and O–H groups in total. The number of methoxy groups -OCH3 is 1. The van der Waals surface area contributed by atoms with E-state index in [-0.39, 0.29) is 5.91 Å². The fourth-order valence-corrected chi connectivity index (χ4v) is 2.05. The van der Waals surface area contributed by atoms with Crippen LogP contribution in [-0.2, 0) is 6.54 Å². The highest BCUT2D eigenvalue weighted by molar-refractivity contribution is 5.94. The van der Waals surface area contributed by atoms with E-state index in [1.807, 2.05) is 36.4 Å². The van der Waals surface area contributed by atoms with E-state index in [2.05, 4.69) is 5.32 Å². The van der Waals surface area contributed by atoms with Gasteiger partial charge in [0, 0.05) is 24.7 Å². The Morgan fingerprint density at radius 2 is 1.87 bits per heavy atom. The zero-order valence-corrected chi connectivity index (χ0v) is 13.2. The minimum atomic E-state index is -0.0880. The molecule has 5 heteroatoms. The van der Waals surface area contributed by atoms with Gasteiger partial charge in [0.15, 0.2) is 0 Å². The first-order valence-electron chi connectivity index (χ1n) is 7.57. The van der Waals surface area contributed by atoms with Crippen LogP contribution in [0.1, 0.15) is 22.3 Å². The van der Waals surface area contributed by atoms with Gasteiger partial charge in [0.05, 0.1) is 13.7 Å². The zero-order valence-electron chi connectivity index (χ0n) is 13.2. The van der Waals surface area contributed by atoms with Crippen molar-refractivity contribution in [3.05, 3.63) is 59.7 Å². The molecule has 0 saturated heterocycles. The number of carbonyl (C=O) groups is 1. The van der Waals surface area contributed by atoms with Crippen molar-refractivity contribution in [1.82, 2.24) is 5.32 Å². The number of nitrogens with two attached hydrogens (primary N) is 1. The summed E-state index contributed by atoms with van der Waals surface area (Å²) in [6.07, 6.45) is 0.726. The van der Waals surface area contributed by atoms with Gasteiger partial charge in [-0.25, -0.2) is 0 Å². The average molecular weight is 314 g/mol. The number of ether oxygens (including phenoxy) is 2. The summed E-state index contributed by atoms with van der Waals surface area (Å²) in [5.74, 6) is 1.43. The highest BCUT2D eigenvalue weighted by atomic mass is 16.5. The highest BCUT2D eigenvalue weighted by Gasteiger charge is 2.04. The van der Waals surface area contributed by atoms with Crippen molar-refractivity contribution in [1.29, 1.82) is 0 Å². The van der Waals surface area contributed by atoms with E-state index in [0.717, 1.165) is 23.5 Å². The van der Waals surface area contributed by atoms with Gasteiger partial charge in [-0.3, -0.25) is 4.79 Å². The second-order valence-corrected chi connectivity index (χ2v) is 5.04. The van der Waals surface area contributed by atoms with E-state index in [0.29, 0.717) is 25.3 Å². The third kappa shape index (κ3) is 5.30. The molecule has 2 aromatic carbocycles. The molecule has 0 radical (unpaired) electrons. The normalized spacial score (nSPS) is 10.2. The zero-order chi connectivity index (χ0) is 16.5. The van der Waals surface area contributed by atoms with Crippen LogP contribution in [0.15, 0.2) is 48.5 Å². The second-order valence-electron chi connectivity index (χ2n) is 5.04. The SMILES string of the molecule is COc1cccc(OCCCNC(=O)c2ccc(CN)cc2)c1. The van der Waals surface area contributed by atoms with Gasteiger partial charge < -0.3 is 20.5 Å². The number of benzene rings is 2. The summed E-state index contributed by atoms with van der Waals surface area (Å²) in [5.41, 5.74) is 7.18. The lowest BCUT2D eigenvalue weighted by molar-refractivity contribution is 0.0951. The van der Waals surface area contributed by atoms with Crippen molar-refractivity contribution in [3.8, 4) is 11.5 Å². The number of amides is 1. The van der Waals surface area contributed by atoms with E-state index >= 15 is 0 Å². The molecule has 0 saturated carbocycles. The van der Waals surface area contributed by atoms with Crippen molar-refractivity contribution in [2.24, 2.45) is 5.73 Å². The quantitative estimate of drug-likeness (QED) is 0.734. The Morgan fingerprint density at radius 1 is 1.13 bits per heavy atom. The summed E-state index contributed by atoms with van der Waals surface area (Å²) in [6.45, 7) is 1.56. The predicted octanol–water partition coefficient (Wildman–Crippen LogP) is 2.35. The Bertz CT molecular complexity index is 626. The Balaban J connectivity index is 1.69. The lowest BCUT2D eigenvalue weighted by Gasteiger charge is -2.09. The summed E-state index contributed by atoms with van der Waals surface area (Å²) in [6, 6.07) is 14.7. The Morgan fingerprint density at radius 3 is 2.57 bits per heavy atom. The lowest BCUT2D eigenvalue weighted by atomic mass is 10.1.